The number of thioether (sulfide) groups is 1. The van der Waals surface area contributed by atoms with E-state index < -0.39 is 4.92 Å². The lowest BCUT2D eigenvalue weighted by molar-refractivity contribution is -0.384. The summed E-state index contributed by atoms with van der Waals surface area (Å²) in [4.78, 5) is 10.6. The number of nitro groups is 1. The minimum Gasteiger partial charge on any atom is -0.496 e. The first-order valence-corrected chi connectivity index (χ1v) is 9.07. The minimum atomic E-state index is -0.435. The summed E-state index contributed by atoms with van der Waals surface area (Å²) in [5.41, 5.74) is 1.41. The maximum absolute atomic E-state index is 11.0. The number of para-hydroxylation sites is 2. The Morgan fingerprint density at radius 2 is 2.04 bits per heavy atom. The van der Waals surface area contributed by atoms with Crippen molar-refractivity contribution in [2.45, 2.75) is 17.8 Å². The van der Waals surface area contributed by atoms with Crippen LogP contribution >= 0.6 is 11.8 Å². The molecule has 0 radical (unpaired) electrons. The summed E-state index contributed by atoms with van der Waals surface area (Å²) < 4.78 is 12.5. The molecule has 140 valence electrons. The van der Waals surface area contributed by atoms with Crippen LogP contribution in [-0.2, 0) is 5.75 Å². The van der Waals surface area contributed by atoms with Crippen LogP contribution in [0.4, 0.5) is 5.69 Å². The van der Waals surface area contributed by atoms with Crippen LogP contribution in [0.2, 0.25) is 0 Å². The van der Waals surface area contributed by atoms with E-state index in [9.17, 15) is 10.1 Å². The van der Waals surface area contributed by atoms with Crippen LogP contribution in [0.15, 0.2) is 47.6 Å². The maximum Gasteiger partial charge on any atom is 0.270 e. The number of nitro benzene ring substituents is 1. The molecule has 1 aromatic heterocycles. The highest BCUT2D eigenvalue weighted by molar-refractivity contribution is 7.98. The Morgan fingerprint density at radius 1 is 1.22 bits per heavy atom. The number of aromatic nitrogens is 4. The molecule has 3 rings (SSSR count). The Morgan fingerprint density at radius 3 is 2.78 bits per heavy atom. The fourth-order valence-electron chi connectivity index (χ4n) is 2.46. The first-order chi connectivity index (χ1) is 13.1. The number of methoxy groups -OCH3 is 1. The molecule has 9 nitrogen and oxygen atoms in total. The Kier molecular flexibility index (Phi) is 5.87. The molecule has 0 spiro atoms. The summed E-state index contributed by atoms with van der Waals surface area (Å²) in [7, 11) is 1.53. The van der Waals surface area contributed by atoms with Gasteiger partial charge in [-0.3, -0.25) is 10.1 Å². The minimum absolute atomic E-state index is 0.00711. The number of hydrogen-bond acceptors (Lipinski definition) is 8. The molecule has 0 aliphatic carbocycles. The second kappa shape index (κ2) is 8.49. The van der Waals surface area contributed by atoms with Crippen molar-refractivity contribution < 1.29 is 14.4 Å². The molecular weight excluding hydrogens is 370 g/mol. The van der Waals surface area contributed by atoms with E-state index in [0.717, 1.165) is 5.69 Å². The number of non-ortho nitro benzene ring substituents is 1. The van der Waals surface area contributed by atoms with Gasteiger partial charge in [0.2, 0.25) is 5.16 Å². The zero-order valence-corrected chi connectivity index (χ0v) is 15.5. The van der Waals surface area contributed by atoms with Crippen LogP contribution in [-0.4, -0.2) is 38.8 Å². The summed E-state index contributed by atoms with van der Waals surface area (Å²) in [6, 6.07) is 11.9. The third-order valence-electron chi connectivity index (χ3n) is 3.67. The SMILES string of the molecule is CCOc1ccccc1-n1nnnc1SCc1cc([N+](=O)[O-])ccc1OC. The van der Waals surface area contributed by atoms with E-state index in [1.165, 1.54) is 31.0 Å². The second-order valence-corrected chi connectivity index (χ2v) is 6.26. The second-order valence-electron chi connectivity index (χ2n) is 5.32. The lowest BCUT2D eigenvalue weighted by Gasteiger charge is -2.11. The van der Waals surface area contributed by atoms with Gasteiger partial charge >= 0.3 is 0 Å². The first-order valence-electron chi connectivity index (χ1n) is 8.08. The lowest BCUT2D eigenvalue weighted by Crippen LogP contribution is -2.03. The zero-order valence-electron chi connectivity index (χ0n) is 14.7. The highest BCUT2D eigenvalue weighted by Crippen LogP contribution is 2.32. The molecule has 0 saturated carbocycles. The highest BCUT2D eigenvalue weighted by Gasteiger charge is 2.16. The third-order valence-corrected chi connectivity index (χ3v) is 4.63. The van der Waals surface area contributed by atoms with Crippen molar-refractivity contribution >= 4 is 17.4 Å². The Balaban J connectivity index is 1.87. The van der Waals surface area contributed by atoms with E-state index in [2.05, 4.69) is 15.5 Å². The van der Waals surface area contributed by atoms with Crippen molar-refractivity contribution in [3.8, 4) is 17.2 Å². The van der Waals surface area contributed by atoms with E-state index in [-0.39, 0.29) is 5.69 Å². The molecule has 0 amide bonds. The normalized spacial score (nSPS) is 10.6. The highest BCUT2D eigenvalue weighted by atomic mass is 32.2. The standard InChI is InChI=1S/C17H17N5O4S/c1-3-26-16-7-5-4-6-14(16)21-17(18-19-20-21)27-11-12-10-13(22(23)24)8-9-15(12)25-2/h4-10H,3,11H2,1-2H3. The molecule has 0 fully saturated rings. The maximum atomic E-state index is 11.0. The van der Waals surface area contributed by atoms with Gasteiger partial charge in [0.15, 0.2) is 0 Å². The molecule has 0 aliphatic heterocycles. The van der Waals surface area contributed by atoms with E-state index >= 15 is 0 Å². The van der Waals surface area contributed by atoms with Crippen molar-refractivity contribution in [3.05, 3.63) is 58.1 Å². The summed E-state index contributed by atoms with van der Waals surface area (Å²) in [6.45, 7) is 2.42. The average molecular weight is 387 g/mol. The zero-order chi connectivity index (χ0) is 19.2. The molecule has 0 atom stereocenters. The van der Waals surface area contributed by atoms with Gasteiger partial charge in [0, 0.05) is 23.4 Å². The van der Waals surface area contributed by atoms with E-state index in [1.807, 2.05) is 31.2 Å². The molecule has 3 aromatic rings. The van der Waals surface area contributed by atoms with Crippen LogP contribution in [0, 0.1) is 10.1 Å². The van der Waals surface area contributed by atoms with Crippen LogP contribution in [0.5, 0.6) is 11.5 Å². The van der Waals surface area contributed by atoms with Crippen molar-refractivity contribution in [3.63, 3.8) is 0 Å². The van der Waals surface area contributed by atoms with Gasteiger partial charge in [-0.15, -0.1) is 5.10 Å². The predicted molar refractivity (Wildman–Crippen MR) is 99.5 cm³/mol. The Bertz CT molecular complexity index is 947. The molecule has 0 saturated heterocycles. The summed E-state index contributed by atoms with van der Waals surface area (Å²) in [5, 5.41) is 23.4. The number of nitrogens with zero attached hydrogens (tertiary/aromatic N) is 5. The van der Waals surface area contributed by atoms with Gasteiger partial charge in [-0.05, 0) is 35.5 Å². The number of hydrogen-bond donors (Lipinski definition) is 0. The fourth-order valence-corrected chi connectivity index (χ4v) is 3.33. The monoisotopic (exact) mass is 387 g/mol. The van der Waals surface area contributed by atoms with Crippen molar-refractivity contribution in [2.24, 2.45) is 0 Å². The quantitative estimate of drug-likeness (QED) is 0.329. The first kappa shape index (κ1) is 18.6. The summed E-state index contributed by atoms with van der Waals surface area (Å²) >= 11 is 1.35. The van der Waals surface area contributed by atoms with Gasteiger partial charge in [0.25, 0.3) is 5.69 Å². The fraction of sp³-hybridized carbons (Fsp3) is 0.235. The molecule has 27 heavy (non-hydrogen) atoms. The number of benzene rings is 2. The number of tetrazole rings is 1. The molecule has 0 aliphatic rings. The van der Waals surface area contributed by atoms with Crippen LogP contribution in [0.3, 0.4) is 0 Å². The Hall–Kier alpha value is -3.14. The molecule has 2 aromatic carbocycles. The van der Waals surface area contributed by atoms with Crippen LogP contribution in [0.25, 0.3) is 5.69 Å². The van der Waals surface area contributed by atoms with Gasteiger partial charge < -0.3 is 9.47 Å². The predicted octanol–water partition coefficient (Wildman–Crippen LogP) is 3.27. The van der Waals surface area contributed by atoms with Gasteiger partial charge in [0.1, 0.15) is 17.2 Å². The summed E-state index contributed by atoms with van der Waals surface area (Å²) in [6.07, 6.45) is 0. The number of rotatable bonds is 8. The van der Waals surface area contributed by atoms with Crippen molar-refractivity contribution in [1.29, 1.82) is 0 Å². The third kappa shape index (κ3) is 4.17. The molecule has 0 unspecified atom stereocenters. The molecule has 0 bridgehead atoms. The van der Waals surface area contributed by atoms with Gasteiger partial charge in [-0.2, -0.15) is 4.68 Å². The van der Waals surface area contributed by atoms with Gasteiger partial charge in [-0.1, -0.05) is 23.9 Å². The largest absolute Gasteiger partial charge is 0.496 e. The average Bonchev–Trinajstić information content (AvgIpc) is 3.15. The van der Waals surface area contributed by atoms with Crippen molar-refractivity contribution in [1.82, 2.24) is 20.2 Å². The van der Waals surface area contributed by atoms with Crippen LogP contribution < -0.4 is 9.47 Å². The van der Waals surface area contributed by atoms with Crippen LogP contribution in [0.1, 0.15) is 12.5 Å². The lowest BCUT2D eigenvalue weighted by atomic mass is 10.2. The molecule has 0 N–H and O–H groups in total. The van der Waals surface area contributed by atoms with E-state index in [0.29, 0.717) is 34.6 Å². The Labute approximate surface area is 159 Å². The van der Waals surface area contributed by atoms with Gasteiger partial charge in [0.05, 0.1) is 18.6 Å². The molecule has 1 heterocycles. The summed E-state index contributed by atoms with van der Waals surface area (Å²) in [5.74, 6) is 1.64. The topological polar surface area (TPSA) is 105 Å². The van der Waals surface area contributed by atoms with E-state index in [4.69, 9.17) is 9.47 Å². The molecular formula is C17H17N5O4S. The van der Waals surface area contributed by atoms with Crippen molar-refractivity contribution in [2.75, 3.05) is 13.7 Å². The van der Waals surface area contributed by atoms with E-state index in [1.54, 1.807) is 10.7 Å². The molecule has 10 heteroatoms. The number of ether oxygens (including phenoxy) is 2. The smallest absolute Gasteiger partial charge is 0.270 e. The van der Waals surface area contributed by atoms with Gasteiger partial charge in [-0.25, -0.2) is 0 Å².